The number of anilines is 2. The summed E-state index contributed by atoms with van der Waals surface area (Å²) >= 11 is 0. The molecule has 4 heterocycles. The van der Waals surface area contributed by atoms with Gasteiger partial charge in [0.25, 0.3) is 5.91 Å². The predicted molar refractivity (Wildman–Crippen MR) is 117 cm³/mol. The number of benzene rings is 2. The van der Waals surface area contributed by atoms with Gasteiger partial charge in [-0.15, -0.1) is 0 Å². The Morgan fingerprint density at radius 2 is 1.65 bits per heavy atom. The van der Waals surface area contributed by atoms with Gasteiger partial charge in [-0.3, -0.25) is 19.3 Å². The Morgan fingerprint density at radius 1 is 0.935 bits per heavy atom. The normalized spacial score (nSPS) is 31.7. The van der Waals surface area contributed by atoms with Crippen LogP contribution in [0.4, 0.5) is 11.4 Å². The molecule has 158 valence electrons. The van der Waals surface area contributed by atoms with Gasteiger partial charge in [-0.1, -0.05) is 35.4 Å². The van der Waals surface area contributed by atoms with Crippen molar-refractivity contribution in [3.05, 3.63) is 59.2 Å². The summed E-state index contributed by atoms with van der Waals surface area (Å²) < 4.78 is 0. The number of fused-ring (bicyclic) bond motifs is 7. The molecule has 0 bridgehead atoms. The Hall–Kier alpha value is -2.99. The Labute approximate surface area is 181 Å². The van der Waals surface area contributed by atoms with Crippen LogP contribution < -0.4 is 9.80 Å². The Morgan fingerprint density at radius 3 is 2.39 bits per heavy atom. The first-order chi connectivity index (χ1) is 14.9. The van der Waals surface area contributed by atoms with Crippen molar-refractivity contribution in [2.24, 2.45) is 11.8 Å². The second kappa shape index (κ2) is 6.04. The molecule has 6 heteroatoms. The van der Waals surface area contributed by atoms with Crippen LogP contribution in [0.1, 0.15) is 29.5 Å². The van der Waals surface area contributed by atoms with Crippen molar-refractivity contribution in [1.29, 1.82) is 0 Å². The van der Waals surface area contributed by atoms with Crippen LogP contribution in [0.2, 0.25) is 0 Å². The van der Waals surface area contributed by atoms with Crippen LogP contribution in [-0.2, 0) is 19.9 Å². The minimum atomic E-state index is -1.09. The highest BCUT2D eigenvalue weighted by Gasteiger charge is 2.75. The number of amides is 3. The summed E-state index contributed by atoms with van der Waals surface area (Å²) in [7, 11) is 1.78. The first kappa shape index (κ1) is 18.8. The zero-order valence-corrected chi connectivity index (χ0v) is 18.0. The molecule has 4 aliphatic rings. The number of carbonyl (C=O) groups excluding carboxylic acids is 3. The number of aryl methyl sites for hydroxylation is 2. The van der Waals surface area contributed by atoms with Gasteiger partial charge in [0, 0.05) is 24.3 Å². The van der Waals surface area contributed by atoms with Gasteiger partial charge in [-0.2, -0.15) is 0 Å². The molecule has 6 nitrogen and oxygen atoms in total. The van der Waals surface area contributed by atoms with E-state index >= 15 is 0 Å². The van der Waals surface area contributed by atoms with Crippen molar-refractivity contribution in [2.75, 3.05) is 23.4 Å². The van der Waals surface area contributed by atoms with Gasteiger partial charge >= 0.3 is 0 Å². The average Bonchev–Trinajstić information content (AvgIpc) is 3.44. The second-order valence-corrected chi connectivity index (χ2v) is 9.41. The standard InChI is InChI=1S/C25H25N3O3/c1-14-6-9-16(10-7-14)28-22(29)20-19-5-4-12-27(19)25(21(20)23(28)30)17-13-15(2)8-11-18(17)26(3)24(25)31/h6-11,13,19-21H,4-5,12H2,1-3H3. The highest BCUT2D eigenvalue weighted by molar-refractivity contribution is 6.26. The SMILES string of the molecule is Cc1ccc(N2C(=O)C3C4CCCN4C4(C(=O)N(C)c5ccc(C)cc54)C3C2=O)cc1. The molecule has 6 rings (SSSR count). The molecule has 4 aliphatic heterocycles. The summed E-state index contributed by atoms with van der Waals surface area (Å²) in [5.41, 5.74) is 3.35. The fourth-order valence-electron chi connectivity index (χ4n) is 6.56. The van der Waals surface area contributed by atoms with E-state index in [-0.39, 0.29) is 23.8 Å². The van der Waals surface area contributed by atoms with Crippen LogP contribution >= 0.6 is 0 Å². The molecule has 3 amide bonds. The maximum Gasteiger partial charge on any atom is 0.252 e. The number of imide groups is 1. The zero-order valence-electron chi connectivity index (χ0n) is 18.0. The molecule has 3 saturated heterocycles. The van der Waals surface area contributed by atoms with Crippen LogP contribution in [0.5, 0.6) is 0 Å². The molecule has 0 aliphatic carbocycles. The molecule has 1 spiro atoms. The highest BCUT2D eigenvalue weighted by Crippen LogP contribution is 2.61. The van der Waals surface area contributed by atoms with Crippen molar-refractivity contribution in [3.8, 4) is 0 Å². The molecule has 0 aromatic heterocycles. The van der Waals surface area contributed by atoms with Crippen molar-refractivity contribution in [2.45, 2.75) is 38.3 Å². The fraction of sp³-hybridized carbons (Fsp3) is 0.400. The summed E-state index contributed by atoms with van der Waals surface area (Å²) in [5.74, 6) is -1.67. The van der Waals surface area contributed by atoms with Crippen molar-refractivity contribution in [3.63, 3.8) is 0 Å². The van der Waals surface area contributed by atoms with E-state index in [0.29, 0.717) is 5.69 Å². The van der Waals surface area contributed by atoms with Crippen molar-refractivity contribution in [1.82, 2.24) is 4.90 Å². The van der Waals surface area contributed by atoms with Gasteiger partial charge in [-0.05, 0) is 51.4 Å². The number of likely N-dealkylation sites (N-methyl/N-ethyl adjacent to an activating group) is 1. The molecule has 2 aromatic rings. The van der Waals surface area contributed by atoms with E-state index in [1.165, 1.54) is 4.90 Å². The van der Waals surface area contributed by atoms with Gasteiger partial charge in [0.05, 0.1) is 17.5 Å². The third-order valence-corrected chi connectivity index (χ3v) is 7.81. The fourth-order valence-corrected chi connectivity index (χ4v) is 6.56. The van der Waals surface area contributed by atoms with E-state index in [1.807, 2.05) is 56.3 Å². The van der Waals surface area contributed by atoms with E-state index in [0.717, 1.165) is 41.8 Å². The summed E-state index contributed by atoms with van der Waals surface area (Å²) in [4.78, 5) is 46.8. The number of nitrogens with zero attached hydrogens (tertiary/aromatic N) is 3. The number of carbonyl (C=O) groups is 3. The van der Waals surface area contributed by atoms with Crippen LogP contribution in [0.15, 0.2) is 42.5 Å². The third-order valence-electron chi connectivity index (χ3n) is 7.81. The molecular formula is C25H25N3O3. The summed E-state index contributed by atoms with van der Waals surface area (Å²) in [5, 5.41) is 0. The topological polar surface area (TPSA) is 60.9 Å². The summed E-state index contributed by atoms with van der Waals surface area (Å²) in [6.45, 7) is 4.71. The summed E-state index contributed by atoms with van der Waals surface area (Å²) in [6.07, 6.45) is 1.77. The smallest absolute Gasteiger partial charge is 0.252 e. The first-order valence-corrected chi connectivity index (χ1v) is 11.0. The van der Waals surface area contributed by atoms with Crippen molar-refractivity contribution >= 4 is 29.1 Å². The maximum absolute atomic E-state index is 13.9. The molecule has 2 aromatic carbocycles. The quantitative estimate of drug-likeness (QED) is 0.672. The second-order valence-electron chi connectivity index (χ2n) is 9.41. The van der Waals surface area contributed by atoms with E-state index in [1.54, 1.807) is 11.9 Å². The minimum Gasteiger partial charge on any atom is -0.313 e. The average molecular weight is 415 g/mol. The van der Waals surface area contributed by atoms with Crippen molar-refractivity contribution < 1.29 is 14.4 Å². The molecule has 0 N–H and O–H groups in total. The molecule has 0 radical (unpaired) electrons. The van der Waals surface area contributed by atoms with Gasteiger partial charge in [-0.25, -0.2) is 4.90 Å². The first-order valence-electron chi connectivity index (χ1n) is 11.0. The van der Waals surface area contributed by atoms with E-state index < -0.39 is 17.4 Å². The molecule has 3 fully saturated rings. The van der Waals surface area contributed by atoms with E-state index in [2.05, 4.69) is 4.90 Å². The predicted octanol–water partition coefficient (Wildman–Crippen LogP) is 2.76. The third kappa shape index (κ3) is 2.09. The Kier molecular flexibility index (Phi) is 3.65. The van der Waals surface area contributed by atoms with Gasteiger partial charge in [0.2, 0.25) is 11.8 Å². The highest BCUT2D eigenvalue weighted by atomic mass is 16.2. The van der Waals surface area contributed by atoms with Crippen LogP contribution in [0.25, 0.3) is 0 Å². The maximum atomic E-state index is 13.9. The molecule has 4 atom stereocenters. The van der Waals surface area contributed by atoms with Crippen LogP contribution in [0, 0.1) is 25.7 Å². The zero-order chi connectivity index (χ0) is 21.7. The van der Waals surface area contributed by atoms with Gasteiger partial charge in [0.15, 0.2) is 0 Å². The Balaban J connectivity index is 1.58. The van der Waals surface area contributed by atoms with E-state index in [4.69, 9.17) is 0 Å². The van der Waals surface area contributed by atoms with Crippen LogP contribution in [0.3, 0.4) is 0 Å². The lowest BCUT2D eigenvalue weighted by molar-refractivity contribution is -0.136. The molecule has 0 saturated carbocycles. The molecule has 4 unspecified atom stereocenters. The molecule has 31 heavy (non-hydrogen) atoms. The largest absolute Gasteiger partial charge is 0.313 e. The van der Waals surface area contributed by atoms with Gasteiger partial charge in [0.1, 0.15) is 5.54 Å². The van der Waals surface area contributed by atoms with Gasteiger partial charge < -0.3 is 4.90 Å². The number of hydrogen-bond donors (Lipinski definition) is 0. The molecular weight excluding hydrogens is 390 g/mol. The Bertz CT molecular complexity index is 1160. The lowest BCUT2D eigenvalue weighted by Gasteiger charge is -2.37. The van der Waals surface area contributed by atoms with E-state index in [9.17, 15) is 14.4 Å². The minimum absolute atomic E-state index is 0.0827. The van der Waals surface area contributed by atoms with Crippen LogP contribution in [-0.4, -0.2) is 42.3 Å². The summed E-state index contributed by atoms with van der Waals surface area (Å²) in [6, 6.07) is 13.4. The lowest BCUT2D eigenvalue weighted by Crippen LogP contribution is -2.55. The number of hydrogen-bond acceptors (Lipinski definition) is 4. The lowest BCUT2D eigenvalue weighted by atomic mass is 9.75. The monoisotopic (exact) mass is 415 g/mol. The number of rotatable bonds is 1.